The van der Waals surface area contributed by atoms with E-state index in [2.05, 4.69) is 47.8 Å². The molecule has 0 aromatic heterocycles. The quantitative estimate of drug-likeness (QED) is 0.742. The van der Waals surface area contributed by atoms with Crippen molar-refractivity contribution in [1.29, 1.82) is 0 Å². The number of hydrogen-bond acceptors (Lipinski definition) is 1. The Kier molecular flexibility index (Phi) is 5.05. The summed E-state index contributed by atoms with van der Waals surface area (Å²) < 4.78 is 0.934. The van der Waals surface area contributed by atoms with Crippen LogP contribution in [0, 0.1) is 17.4 Å². The number of aryl methyl sites for hydroxylation is 2. The first-order valence-electron chi connectivity index (χ1n) is 6.27. The Balaban J connectivity index is 2.07. The summed E-state index contributed by atoms with van der Waals surface area (Å²) in [5.74, 6) is -0.0199. The van der Waals surface area contributed by atoms with Crippen LogP contribution in [0.5, 0.6) is 0 Å². The highest BCUT2D eigenvalue weighted by atomic mass is 127. The minimum Gasteiger partial charge on any atom is -0.325 e. The Morgan fingerprint density at radius 1 is 1.15 bits per heavy atom. The molecule has 20 heavy (non-hydrogen) atoms. The van der Waals surface area contributed by atoms with Crippen molar-refractivity contribution < 1.29 is 4.79 Å². The molecule has 0 unspecified atom stereocenters. The third-order valence-corrected chi connectivity index (χ3v) is 4.27. The standard InChI is InChI=1S/C16H15ClINO/c1-10-3-4-12(7-11(10)2)8-16(20)19-15-6-5-13(17)9-14(15)18/h3-7,9H,8H2,1-2H3,(H,19,20). The van der Waals surface area contributed by atoms with Gasteiger partial charge in [0.05, 0.1) is 12.1 Å². The van der Waals surface area contributed by atoms with Crippen molar-refractivity contribution in [3.8, 4) is 0 Å². The van der Waals surface area contributed by atoms with E-state index in [9.17, 15) is 4.79 Å². The van der Waals surface area contributed by atoms with E-state index in [0.717, 1.165) is 14.8 Å². The van der Waals surface area contributed by atoms with Gasteiger partial charge in [0.2, 0.25) is 5.91 Å². The Bertz CT molecular complexity index is 655. The molecule has 1 amide bonds. The molecule has 0 atom stereocenters. The zero-order valence-corrected chi connectivity index (χ0v) is 14.2. The highest BCUT2D eigenvalue weighted by Crippen LogP contribution is 2.22. The van der Waals surface area contributed by atoms with Gasteiger partial charge in [0.25, 0.3) is 0 Å². The van der Waals surface area contributed by atoms with Crippen molar-refractivity contribution in [3.05, 3.63) is 61.7 Å². The Morgan fingerprint density at radius 2 is 1.90 bits per heavy atom. The minimum atomic E-state index is -0.0199. The van der Waals surface area contributed by atoms with Gasteiger partial charge in [-0.05, 0) is 71.3 Å². The number of hydrogen-bond donors (Lipinski definition) is 1. The number of nitrogens with one attached hydrogen (secondary N) is 1. The molecule has 2 aromatic carbocycles. The fraction of sp³-hybridized carbons (Fsp3) is 0.188. The fourth-order valence-electron chi connectivity index (χ4n) is 1.88. The third kappa shape index (κ3) is 3.96. The van der Waals surface area contributed by atoms with Gasteiger partial charge in [-0.15, -0.1) is 0 Å². The minimum absolute atomic E-state index is 0.0199. The second-order valence-electron chi connectivity index (χ2n) is 4.77. The number of rotatable bonds is 3. The van der Waals surface area contributed by atoms with Crippen LogP contribution >= 0.6 is 34.2 Å². The fourth-order valence-corrected chi connectivity index (χ4v) is 2.89. The number of halogens is 2. The van der Waals surface area contributed by atoms with Crippen molar-refractivity contribution in [2.75, 3.05) is 5.32 Å². The van der Waals surface area contributed by atoms with E-state index >= 15 is 0 Å². The average molecular weight is 400 g/mol. The van der Waals surface area contributed by atoms with Crippen LogP contribution in [-0.4, -0.2) is 5.91 Å². The average Bonchev–Trinajstić information content (AvgIpc) is 2.37. The molecule has 0 saturated carbocycles. The zero-order valence-electron chi connectivity index (χ0n) is 11.3. The number of carbonyl (C=O) groups excluding carboxylic acids is 1. The Hall–Kier alpha value is -1.07. The summed E-state index contributed by atoms with van der Waals surface area (Å²) in [6, 6.07) is 11.5. The van der Waals surface area contributed by atoms with Crippen LogP contribution in [0.2, 0.25) is 5.02 Å². The van der Waals surface area contributed by atoms with E-state index in [1.165, 1.54) is 11.1 Å². The summed E-state index contributed by atoms with van der Waals surface area (Å²) in [5, 5.41) is 3.58. The van der Waals surface area contributed by atoms with Crippen LogP contribution in [0.15, 0.2) is 36.4 Å². The van der Waals surface area contributed by atoms with Crippen LogP contribution < -0.4 is 5.32 Å². The molecule has 0 aliphatic rings. The van der Waals surface area contributed by atoms with Gasteiger partial charge >= 0.3 is 0 Å². The maximum atomic E-state index is 12.1. The maximum absolute atomic E-state index is 12.1. The smallest absolute Gasteiger partial charge is 0.228 e. The van der Waals surface area contributed by atoms with Crippen molar-refractivity contribution in [2.45, 2.75) is 20.3 Å². The monoisotopic (exact) mass is 399 g/mol. The highest BCUT2D eigenvalue weighted by molar-refractivity contribution is 14.1. The molecule has 4 heteroatoms. The molecule has 2 rings (SSSR count). The predicted octanol–water partition coefficient (Wildman–Crippen LogP) is 4.74. The molecule has 2 nitrogen and oxygen atoms in total. The van der Waals surface area contributed by atoms with Gasteiger partial charge in [-0.3, -0.25) is 4.79 Å². The lowest BCUT2D eigenvalue weighted by Crippen LogP contribution is -2.15. The molecule has 0 radical (unpaired) electrons. The molecule has 0 bridgehead atoms. The molecule has 0 saturated heterocycles. The van der Waals surface area contributed by atoms with E-state index in [4.69, 9.17) is 11.6 Å². The normalized spacial score (nSPS) is 10.4. The molecule has 0 aliphatic carbocycles. The zero-order chi connectivity index (χ0) is 14.7. The third-order valence-electron chi connectivity index (χ3n) is 3.14. The van der Waals surface area contributed by atoms with Crippen molar-refractivity contribution >= 4 is 45.8 Å². The molecule has 1 N–H and O–H groups in total. The van der Waals surface area contributed by atoms with Crippen LogP contribution in [-0.2, 0) is 11.2 Å². The van der Waals surface area contributed by atoms with Crippen LogP contribution in [0.3, 0.4) is 0 Å². The van der Waals surface area contributed by atoms with Crippen LogP contribution in [0.25, 0.3) is 0 Å². The van der Waals surface area contributed by atoms with Crippen molar-refractivity contribution in [1.82, 2.24) is 0 Å². The van der Waals surface area contributed by atoms with Gasteiger partial charge in [0.1, 0.15) is 0 Å². The number of benzene rings is 2. The van der Waals surface area contributed by atoms with Crippen molar-refractivity contribution in [2.24, 2.45) is 0 Å². The largest absolute Gasteiger partial charge is 0.325 e. The van der Waals surface area contributed by atoms with E-state index in [1.807, 2.05) is 24.3 Å². The molecule has 0 fully saturated rings. The second kappa shape index (κ2) is 6.59. The van der Waals surface area contributed by atoms with E-state index in [-0.39, 0.29) is 5.91 Å². The highest BCUT2D eigenvalue weighted by Gasteiger charge is 2.07. The van der Waals surface area contributed by atoms with E-state index < -0.39 is 0 Å². The summed E-state index contributed by atoms with van der Waals surface area (Å²) in [6.45, 7) is 4.12. The number of anilines is 1. The summed E-state index contributed by atoms with van der Waals surface area (Å²) >= 11 is 8.06. The van der Waals surface area contributed by atoms with E-state index in [0.29, 0.717) is 11.4 Å². The van der Waals surface area contributed by atoms with Gasteiger partial charge in [0.15, 0.2) is 0 Å². The number of carbonyl (C=O) groups is 1. The first-order chi connectivity index (χ1) is 9.45. The molecular formula is C16H15ClINO. The molecular weight excluding hydrogens is 385 g/mol. The Labute approximate surface area is 137 Å². The van der Waals surface area contributed by atoms with E-state index in [1.54, 1.807) is 6.07 Å². The van der Waals surface area contributed by atoms with Crippen molar-refractivity contribution in [3.63, 3.8) is 0 Å². The topological polar surface area (TPSA) is 29.1 Å². The first kappa shape index (κ1) is 15.3. The van der Waals surface area contributed by atoms with Gasteiger partial charge < -0.3 is 5.32 Å². The summed E-state index contributed by atoms with van der Waals surface area (Å²) in [7, 11) is 0. The number of amides is 1. The lowest BCUT2D eigenvalue weighted by Gasteiger charge is -2.09. The van der Waals surface area contributed by atoms with Gasteiger partial charge in [-0.25, -0.2) is 0 Å². The molecule has 0 aliphatic heterocycles. The second-order valence-corrected chi connectivity index (χ2v) is 6.37. The Morgan fingerprint density at radius 3 is 2.55 bits per heavy atom. The summed E-state index contributed by atoms with van der Waals surface area (Å²) in [6.07, 6.45) is 0.375. The summed E-state index contributed by atoms with van der Waals surface area (Å²) in [5.41, 5.74) is 4.26. The predicted molar refractivity (Wildman–Crippen MR) is 92.4 cm³/mol. The van der Waals surface area contributed by atoms with Crippen LogP contribution in [0.4, 0.5) is 5.69 Å². The lowest BCUT2D eigenvalue weighted by molar-refractivity contribution is -0.115. The SMILES string of the molecule is Cc1ccc(CC(=O)Nc2ccc(Cl)cc2I)cc1C. The summed E-state index contributed by atoms with van der Waals surface area (Å²) in [4.78, 5) is 12.1. The molecule has 0 heterocycles. The molecule has 104 valence electrons. The van der Waals surface area contributed by atoms with Gasteiger partial charge in [-0.1, -0.05) is 29.8 Å². The molecule has 2 aromatic rings. The van der Waals surface area contributed by atoms with Crippen LogP contribution in [0.1, 0.15) is 16.7 Å². The molecule has 0 spiro atoms. The first-order valence-corrected chi connectivity index (χ1v) is 7.72. The van der Waals surface area contributed by atoms with Gasteiger partial charge in [0, 0.05) is 8.59 Å². The maximum Gasteiger partial charge on any atom is 0.228 e. The lowest BCUT2D eigenvalue weighted by atomic mass is 10.0. The van der Waals surface area contributed by atoms with Gasteiger partial charge in [-0.2, -0.15) is 0 Å².